The van der Waals surface area contributed by atoms with Crippen LogP contribution in [0.4, 0.5) is 10.5 Å². The Morgan fingerprint density at radius 3 is 2.26 bits per heavy atom. The highest BCUT2D eigenvalue weighted by atomic mass is 32.2. The summed E-state index contributed by atoms with van der Waals surface area (Å²) in [6, 6.07) is 15.8. The molecule has 8 nitrogen and oxygen atoms in total. The highest BCUT2D eigenvalue weighted by Crippen LogP contribution is 2.11. The number of hydrogen-bond donors (Lipinski definition) is 2. The molecule has 0 saturated heterocycles. The van der Waals surface area contributed by atoms with E-state index in [0.29, 0.717) is 16.9 Å². The molecule has 0 bridgehead atoms. The number of amides is 2. The fourth-order valence-electron chi connectivity index (χ4n) is 2.56. The minimum atomic E-state index is -3.57. The second-order valence-electron chi connectivity index (χ2n) is 6.40. The van der Waals surface area contributed by atoms with Crippen LogP contribution in [0.3, 0.4) is 0 Å². The zero-order chi connectivity index (χ0) is 22.1. The highest BCUT2D eigenvalue weighted by molar-refractivity contribution is 7.91. The number of aromatic nitrogens is 2. The average molecular weight is 436 g/mol. The highest BCUT2D eigenvalue weighted by Gasteiger charge is 2.15. The molecule has 0 unspecified atom stereocenters. The zero-order valence-corrected chi connectivity index (χ0v) is 17.2. The monoisotopic (exact) mass is 436 g/mol. The normalized spacial score (nSPS) is 11.2. The third-order valence-corrected chi connectivity index (χ3v) is 5.75. The van der Waals surface area contributed by atoms with Gasteiger partial charge in [-0.2, -0.15) is 0 Å². The largest absolute Gasteiger partial charge is 0.337 e. The number of nitrogens with zero attached hydrogens (tertiary/aromatic N) is 2. The van der Waals surface area contributed by atoms with Gasteiger partial charge in [0.1, 0.15) is 0 Å². The summed E-state index contributed by atoms with van der Waals surface area (Å²) in [5, 5.41) is 5.05. The number of carbonyl (C=O) groups excluding carboxylic acids is 2. The molecule has 0 aliphatic rings. The van der Waals surface area contributed by atoms with E-state index >= 15 is 0 Å². The van der Waals surface area contributed by atoms with Crippen LogP contribution < -0.4 is 10.6 Å². The van der Waals surface area contributed by atoms with E-state index in [1.165, 1.54) is 18.3 Å². The minimum absolute atomic E-state index is 0.0328. The van der Waals surface area contributed by atoms with E-state index in [0.717, 1.165) is 0 Å². The summed E-state index contributed by atoms with van der Waals surface area (Å²) in [5.74, 6) is -0.464. The lowest BCUT2D eigenvalue weighted by molar-refractivity contribution is 0.104. The summed E-state index contributed by atoms with van der Waals surface area (Å²) in [5.41, 5.74) is 1.60. The minimum Gasteiger partial charge on any atom is -0.337 e. The molecule has 2 N–H and O–H groups in total. The summed E-state index contributed by atoms with van der Waals surface area (Å²) >= 11 is 0. The number of carbonyl (C=O) groups is 2. The molecule has 31 heavy (non-hydrogen) atoms. The number of benzene rings is 1. The third-order valence-electron chi connectivity index (χ3n) is 4.13. The Bertz CT molecular complexity index is 1160. The van der Waals surface area contributed by atoms with E-state index in [4.69, 9.17) is 0 Å². The van der Waals surface area contributed by atoms with Crippen molar-refractivity contribution in [1.29, 1.82) is 0 Å². The van der Waals surface area contributed by atoms with Gasteiger partial charge in [0.15, 0.2) is 20.6 Å². The summed E-state index contributed by atoms with van der Waals surface area (Å²) < 4.78 is 24.3. The molecule has 3 aromatic rings. The Morgan fingerprint density at radius 1 is 0.903 bits per heavy atom. The molecule has 2 amide bonds. The Labute approximate surface area is 180 Å². The summed E-state index contributed by atoms with van der Waals surface area (Å²) in [6.45, 7) is -0.0698. The lowest BCUT2D eigenvalue weighted by Crippen LogP contribution is -2.33. The molecule has 158 valence electrons. The van der Waals surface area contributed by atoms with Crippen molar-refractivity contribution < 1.29 is 18.0 Å². The van der Waals surface area contributed by atoms with Gasteiger partial charge in [-0.1, -0.05) is 12.1 Å². The maximum Gasteiger partial charge on any atom is 0.319 e. The Kier molecular flexibility index (Phi) is 7.23. The quantitative estimate of drug-likeness (QED) is 0.414. The van der Waals surface area contributed by atoms with Crippen LogP contribution in [0.1, 0.15) is 16.1 Å². The van der Waals surface area contributed by atoms with Gasteiger partial charge in [-0.15, -0.1) is 0 Å². The van der Waals surface area contributed by atoms with E-state index in [9.17, 15) is 18.0 Å². The Balaban J connectivity index is 1.48. The number of nitrogens with one attached hydrogen (secondary N) is 2. The van der Waals surface area contributed by atoms with Gasteiger partial charge in [0.05, 0.1) is 11.4 Å². The van der Waals surface area contributed by atoms with Crippen molar-refractivity contribution in [2.24, 2.45) is 0 Å². The number of urea groups is 1. The number of rotatable bonds is 8. The van der Waals surface area contributed by atoms with Crippen molar-refractivity contribution in [3.63, 3.8) is 0 Å². The molecule has 2 aromatic heterocycles. The molecule has 0 aliphatic heterocycles. The molecule has 9 heteroatoms. The molecule has 0 fully saturated rings. The van der Waals surface area contributed by atoms with Crippen molar-refractivity contribution in [3.8, 4) is 0 Å². The number of pyridine rings is 2. The van der Waals surface area contributed by atoms with Crippen molar-refractivity contribution in [1.82, 2.24) is 15.3 Å². The molecule has 1 aromatic carbocycles. The fourth-order valence-corrected chi connectivity index (χ4v) is 3.65. The second-order valence-corrected chi connectivity index (χ2v) is 8.45. The zero-order valence-electron chi connectivity index (χ0n) is 16.4. The number of allylic oxidation sites excluding steroid dienone is 1. The molecule has 3 rings (SSSR count). The standard InChI is InChI=1S/C22H20N4O4S/c27-20(12-11-18-5-1-3-13-23-18)17-7-9-19(10-8-17)26-22(28)25-15-16-31(29,30)21-6-2-4-14-24-21/h1-14H,15-16H2,(H2,25,26,28). The van der Waals surface area contributed by atoms with Crippen LogP contribution in [-0.2, 0) is 9.84 Å². The summed E-state index contributed by atoms with van der Waals surface area (Å²) in [6.07, 6.45) is 6.10. The average Bonchev–Trinajstić information content (AvgIpc) is 2.79. The van der Waals surface area contributed by atoms with Crippen molar-refractivity contribution in [3.05, 3.63) is 90.4 Å². The first-order valence-corrected chi connectivity index (χ1v) is 11.0. The van der Waals surface area contributed by atoms with Crippen LogP contribution in [0.2, 0.25) is 0 Å². The molecule has 0 spiro atoms. The Hall–Kier alpha value is -3.85. The first-order valence-electron chi connectivity index (χ1n) is 9.36. The molecule has 2 heterocycles. The second kappa shape index (κ2) is 10.3. The smallest absolute Gasteiger partial charge is 0.319 e. The van der Waals surface area contributed by atoms with Crippen molar-refractivity contribution >= 4 is 33.4 Å². The molecular formula is C22H20N4O4S. The molecule has 0 saturated carbocycles. The van der Waals surface area contributed by atoms with Gasteiger partial charge in [0.25, 0.3) is 0 Å². The SMILES string of the molecule is O=C(NCCS(=O)(=O)c1ccccn1)Nc1ccc(C(=O)C=Cc2ccccn2)cc1. The van der Waals surface area contributed by atoms with E-state index in [2.05, 4.69) is 20.6 Å². The van der Waals surface area contributed by atoms with Gasteiger partial charge in [0, 0.05) is 30.2 Å². The number of sulfone groups is 1. The lowest BCUT2D eigenvalue weighted by Gasteiger charge is -2.08. The molecular weight excluding hydrogens is 416 g/mol. The number of hydrogen-bond acceptors (Lipinski definition) is 6. The van der Waals surface area contributed by atoms with Gasteiger partial charge < -0.3 is 10.6 Å². The van der Waals surface area contributed by atoms with Gasteiger partial charge in [0.2, 0.25) is 0 Å². The lowest BCUT2D eigenvalue weighted by atomic mass is 10.1. The summed E-state index contributed by atoms with van der Waals surface area (Å²) in [4.78, 5) is 32.2. The van der Waals surface area contributed by atoms with E-state index in [1.54, 1.807) is 60.8 Å². The van der Waals surface area contributed by atoms with Crippen LogP contribution in [0.5, 0.6) is 0 Å². The van der Waals surface area contributed by atoms with E-state index < -0.39 is 15.9 Å². The van der Waals surface area contributed by atoms with Gasteiger partial charge in [-0.25, -0.2) is 18.2 Å². The molecule has 0 radical (unpaired) electrons. The first-order chi connectivity index (χ1) is 14.9. The first kappa shape index (κ1) is 21.8. The third kappa shape index (κ3) is 6.58. The van der Waals surface area contributed by atoms with Crippen LogP contribution in [0.25, 0.3) is 6.08 Å². The molecule has 0 aliphatic carbocycles. The van der Waals surface area contributed by atoms with Gasteiger partial charge in [-0.3, -0.25) is 9.78 Å². The van der Waals surface area contributed by atoms with Gasteiger partial charge in [-0.05, 0) is 60.7 Å². The van der Waals surface area contributed by atoms with Crippen LogP contribution in [-0.4, -0.2) is 42.5 Å². The topological polar surface area (TPSA) is 118 Å². The molecule has 0 atom stereocenters. The maximum atomic E-state index is 12.2. The number of anilines is 1. The summed E-state index contributed by atoms with van der Waals surface area (Å²) in [7, 11) is -3.57. The van der Waals surface area contributed by atoms with Crippen molar-refractivity contribution in [2.75, 3.05) is 17.6 Å². The van der Waals surface area contributed by atoms with Crippen LogP contribution >= 0.6 is 0 Å². The van der Waals surface area contributed by atoms with Crippen LogP contribution in [0, 0.1) is 0 Å². The van der Waals surface area contributed by atoms with E-state index in [1.807, 2.05) is 6.07 Å². The number of ketones is 1. The predicted octanol–water partition coefficient (Wildman–Crippen LogP) is 2.97. The predicted molar refractivity (Wildman–Crippen MR) is 117 cm³/mol. The Morgan fingerprint density at radius 2 is 1.61 bits per heavy atom. The van der Waals surface area contributed by atoms with Crippen molar-refractivity contribution in [2.45, 2.75) is 5.03 Å². The fraction of sp³-hybridized carbons (Fsp3) is 0.0909. The maximum absolute atomic E-state index is 12.2. The van der Waals surface area contributed by atoms with E-state index in [-0.39, 0.29) is 23.1 Å². The van der Waals surface area contributed by atoms with Crippen LogP contribution in [0.15, 0.2) is 84.2 Å². The van der Waals surface area contributed by atoms with Gasteiger partial charge >= 0.3 is 6.03 Å².